The summed E-state index contributed by atoms with van der Waals surface area (Å²) < 4.78 is 0. The van der Waals surface area contributed by atoms with E-state index in [0.29, 0.717) is 12.3 Å². The summed E-state index contributed by atoms with van der Waals surface area (Å²) in [4.78, 5) is 11.5. The van der Waals surface area contributed by atoms with Gasteiger partial charge in [-0.15, -0.1) is 0 Å². The number of hydrogen-bond acceptors (Lipinski definition) is 4. The first kappa shape index (κ1) is 24.5. The lowest BCUT2D eigenvalue weighted by molar-refractivity contribution is -0.228. The first-order valence-corrected chi connectivity index (χ1v) is 13.2. The molecule has 4 saturated carbocycles. The maximum absolute atomic E-state index is 11.8. The van der Waals surface area contributed by atoms with Gasteiger partial charge in [-0.2, -0.15) is 0 Å². The predicted molar refractivity (Wildman–Crippen MR) is 124 cm³/mol. The molecule has 184 valence electrons. The maximum Gasteiger partial charge on any atom is 0.306 e. The summed E-state index contributed by atoms with van der Waals surface area (Å²) in [5.74, 6) is 0.687. The molecule has 0 saturated heterocycles. The number of aliphatic hydroxyl groups is 3. The Morgan fingerprint density at radius 1 is 1.00 bits per heavy atom. The zero-order chi connectivity index (χ0) is 23.6. The Morgan fingerprint density at radius 3 is 2.31 bits per heavy atom. The molecule has 0 radical (unpaired) electrons. The van der Waals surface area contributed by atoms with E-state index in [9.17, 15) is 25.2 Å². The fourth-order valence-corrected chi connectivity index (χ4v) is 9.71. The van der Waals surface area contributed by atoms with Crippen LogP contribution in [0.25, 0.3) is 0 Å². The van der Waals surface area contributed by atoms with E-state index in [-0.39, 0.29) is 64.5 Å². The molecule has 0 amide bonds. The lowest BCUT2D eigenvalue weighted by Gasteiger charge is -2.65. The highest BCUT2D eigenvalue weighted by molar-refractivity contribution is 5.69. The van der Waals surface area contributed by atoms with Crippen LogP contribution >= 0.6 is 0 Å². The van der Waals surface area contributed by atoms with Gasteiger partial charge in [0.1, 0.15) is 0 Å². The summed E-state index contributed by atoms with van der Waals surface area (Å²) in [5.41, 5.74) is -0.205. The number of carboxylic acid groups (broad SMARTS) is 1. The molecule has 32 heavy (non-hydrogen) atoms. The summed E-state index contributed by atoms with van der Waals surface area (Å²) in [5, 5.41) is 43.3. The maximum atomic E-state index is 11.8. The summed E-state index contributed by atoms with van der Waals surface area (Å²) in [6.45, 7) is 10.8. The van der Waals surface area contributed by atoms with E-state index in [1.54, 1.807) is 6.92 Å². The highest BCUT2D eigenvalue weighted by Crippen LogP contribution is 2.69. The summed E-state index contributed by atoms with van der Waals surface area (Å²) in [7, 11) is 0. The average Bonchev–Trinajstić information content (AvgIpc) is 3.09. The van der Waals surface area contributed by atoms with Crippen molar-refractivity contribution in [2.45, 2.75) is 104 Å². The number of hydrogen-bond donors (Lipinski definition) is 4. The van der Waals surface area contributed by atoms with Crippen molar-refractivity contribution in [3.63, 3.8) is 0 Å². The Morgan fingerprint density at radius 2 is 1.69 bits per heavy atom. The molecule has 0 aromatic rings. The monoisotopic (exact) mass is 450 g/mol. The van der Waals surface area contributed by atoms with E-state index in [1.165, 1.54) is 0 Å². The van der Waals surface area contributed by atoms with Crippen LogP contribution in [-0.2, 0) is 4.79 Å². The van der Waals surface area contributed by atoms with Crippen molar-refractivity contribution in [2.24, 2.45) is 58.2 Å². The van der Waals surface area contributed by atoms with Crippen molar-refractivity contribution in [3.05, 3.63) is 0 Å². The molecule has 4 N–H and O–H groups in total. The summed E-state index contributed by atoms with van der Waals surface area (Å²) in [6.07, 6.45) is 5.85. The van der Waals surface area contributed by atoms with E-state index >= 15 is 0 Å². The SMILES string of the molecule is CC[C@H]1[C@@H](O)C2C3CC[C@H]([C@H](C)C[C@@H](C)C(=O)O)[C@@]3(C)[C@@H](O)CC2[C@@]2(C)CC[C@@H](O)C[C@@H]12. The highest BCUT2D eigenvalue weighted by Gasteiger charge is 2.67. The molecule has 0 aromatic heterocycles. The van der Waals surface area contributed by atoms with E-state index in [4.69, 9.17) is 0 Å². The van der Waals surface area contributed by atoms with Crippen molar-refractivity contribution in [1.29, 1.82) is 0 Å². The zero-order valence-electron chi connectivity index (χ0n) is 20.7. The molecule has 0 spiro atoms. The number of carbonyl (C=O) groups is 1. The average molecular weight is 451 g/mol. The van der Waals surface area contributed by atoms with Gasteiger partial charge in [-0.25, -0.2) is 0 Å². The standard InChI is InChI=1S/C27H46O5/c1-6-17-20-12-16(28)9-10-26(20,4)21-13-22(29)27(5)18(14(2)11-15(3)25(31)32)7-8-19(27)23(21)24(17)30/h14-24,28-30H,6-13H2,1-5H3,(H,31,32)/t14-,15-,16-,17-,18-,19?,20+,21?,22+,23?,24-,26+,27-/m1/s1. The predicted octanol–water partition coefficient (Wildman–Crippen LogP) is 4.33. The van der Waals surface area contributed by atoms with Gasteiger partial charge in [0.2, 0.25) is 0 Å². The normalized spacial score (nSPS) is 52.4. The topological polar surface area (TPSA) is 98.0 Å². The molecule has 4 aliphatic carbocycles. The van der Waals surface area contributed by atoms with Crippen molar-refractivity contribution in [3.8, 4) is 0 Å². The van der Waals surface area contributed by atoms with Crippen LogP contribution in [-0.4, -0.2) is 44.7 Å². The van der Waals surface area contributed by atoms with Crippen LogP contribution in [0.1, 0.15) is 86.0 Å². The molecule has 13 atom stereocenters. The molecule has 4 fully saturated rings. The van der Waals surface area contributed by atoms with Gasteiger partial charge in [-0.05, 0) is 97.2 Å². The Kier molecular flexibility index (Phi) is 6.53. The molecule has 0 aromatic carbocycles. The minimum Gasteiger partial charge on any atom is -0.481 e. The van der Waals surface area contributed by atoms with E-state index in [0.717, 1.165) is 44.9 Å². The Bertz CT molecular complexity index is 710. The van der Waals surface area contributed by atoms with Gasteiger partial charge in [0.15, 0.2) is 0 Å². The van der Waals surface area contributed by atoms with Gasteiger partial charge in [-0.1, -0.05) is 41.0 Å². The lowest BCUT2D eigenvalue weighted by Crippen LogP contribution is -2.65. The second-order valence-corrected chi connectivity index (χ2v) is 12.6. The highest BCUT2D eigenvalue weighted by atomic mass is 16.4. The van der Waals surface area contributed by atoms with Gasteiger partial charge < -0.3 is 20.4 Å². The van der Waals surface area contributed by atoms with Crippen molar-refractivity contribution in [1.82, 2.24) is 0 Å². The quantitative estimate of drug-likeness (QED) is 0.500. The third-order valence-electron chi connectivity index (χ3n) is 11.4. The van der Waals surface area contributed by atoms with Crippen LogP contribution in [0, 0.1) is 58.2 Å². The molecule has 0 bridgehead atoms. The van der Waals surface area contributed by atoms with Gasteiger partial charge >= 0.3 is 5.97 Å². The number of fused-ring (bicyclic) bond motifs is 5. The van der Waals surface area contributed by atoms with Crippen molar-refractivity contribution >= 4 is 5.97 Å². The lowest BCUT2D eigenvalue weighted by atomic mass is 9.41. The van der Waals surface area contributed by atoms with Crippen molar-refractivity contribution < 1.29 is 25.2 Å². The third kappa shape index (κ3) is 3.48. The number of rotatable bonds is 5. The molecule has 0 heterocycles. The molecule has 3 unspecified atom stereocenters. The van der Waals surface area contributed by atoms with Crippen LogP contribution < -0.4 is 0 Å². The van der Waals surface area contributed by atoms with Crippen molar-refractivity contribution in [2.75, 3.05) is 0 Å². The van der Waals surface area contributed by atoms with Gasteiger partial charge in [-0.3, -0.25) is 4.79 Å². The molecule has 5 heteroatoms. The van der Waals surface area contributed by atoms with E-state index < -0.39 is 12.1 Å². The second kappa shape index (κ2) is 8.53. The Hall–Kier alpha value is -0.650. The fourth-order valence-electron chi connectivity index (χ4n) is 9.71. The molecular formula is C27H46O5. The summed E-state index contributed by atoms with van der Waals surface area (Å²) >= 11 is 0. The molecule has 4 rings (SSSR count). The Balaban J connectivity index is 1.66. The first-order valence-electron chi connectivity index (χ1n) is 13.2. The third-order valence-corrected chi connectivity index (χ3v) is 11.4. The molecular weight excluding hydrogens is 404 g/mol. The largest absolute Gasteiger partial charge is 0.481 e. The second-order valence-electron chi connectivity index (χ2n) is 12.6. The number of carboxylic acids is 1. The zero-order valence-corrected chi connectivity index (χ0v) is 20.7. The van der Waals surface area contributed by atoms with Gasteiger partial charge in [0.05, 0.1) is 24.2 Å². The van der Waals surface area contributed by atoms with Crippen LogP contribution in [0.15, 0.2) is 0 Å². The molecule has 5 nitrogen and oxygen atoms in total. The fraction of sp³-hybridized carbons (Fsp3) is 0.963. The Labute approximate surface area is 194 Å². The van der Waals surface area contributed by atoms with Crippen LogP contribution in [0.4, 0.5) is 0 Å². The summed E-state index contributed by atoms with van der Waals surface area (Å²) in [6, 6.07) is 0. The minimum atomic E-state index is -0.743. The number of aliphatic hydroxyl groups excluding tert-OH is 3. The first-order chi connectivity index (χ1) is 15.0. The van der Waals surface area contributed by atoms with Crippen LogP contribution in [0.5, 0.6) is 0 Å². The molecule has 0 aliphatic heterocycles. The smallest absolute Gasteiger partial charge is 0.306 e. The van der Waals surface area contributed by atoms with E-state index in [2.05, 4.69) is 27.7 Å². The van der Waals surface area contributed by atoms with Gasteiger partial charge in [0, 0.05) is 0 Å². The minimum absolute atomic E-state index is 0.0631. The molecule has 4 aliphatic rings. The van der Waals surface area contributed by atoms with Crippen LogP contribution in [0.3, 0.4) is 0 Å². The number of aliphatic carboxylic acids is 1. The van der Waals surface area contributed by atoms with Crippen LogP contribution in [0.2, 0.25) is 0 Å². The van der Waals surface area contributed by atoms with E-state index in [1.807, 2.05) is 0 Å². The van der Waals surface area contributed by atoms with Gasteiger partial charge in [0.25, 0.3) is 0 Å².